The van der Waals surface area contributed by atoms with Crippen LogP contribution >= 0.6 is 0 Å². The van der Waals surface area contributed by atoms with E-state index in [1.54, 1.807) is 6.20 Å². The molecule has 30 heavy (non-hydrogen) atoms. The molecule has 3 aliphatic heterocycles. The van der Waals surface area contributed by atoms with Gasteiger partial charge in [-0.25, -0.2) is 15.0 Å². The van der Waals surface area contributed by atoms with Gasteiger partial charge in [0.2, 0.25) is 5.95 Å². The van der Waals surface area contributed by atoms with Crippen molar-refractivity contribution in [3.8, 4) is 0 Å². The second-order valence-corrected chi connectivity index (χ2v) is 7.61. The van der Waals surface area contributed by atoms with E-state index >= 15 is 0 Å². The summed E-state index contributed by atoms with van der Waals surface area (Å²) >= 11 is 0. The van der Waals surface area contributed by atoms with Gasteiger partial charge in [0.1, 0.15) is 0 Å². The molecule has 2 aromatic rings. The molecule has 5 rings (SSSR count). The van der Waals surface area contributed by atoms with E-state index in [1.165, 1.54) is 0 Å². The first-order valence-corrected chi connectivity index (χ1v) is 10.4. The molecule has 11 nitrogen and oxygen atoms in total. The molecule has 11 heteroatoms. The summed E-state index contributed by atoms with van der Waals surface area (Å²) in [5.74, 6) is 0.938. The Hall–Kier alpha value is -2.60. The molecule has 0 radical (unpaired) electrons. The van der Waals surface area contributed by atoms with Crippen LogP contribution in [0.15, 0.2) is 12.4 Å². The third-order valence-corrected chi connectivity index (χ3v) is 5.62. The number of nitrogens with two attached hydrogens (primary N) is 1. The molecule has 5 heterocycles. The summed E-state index contributed by atoms with van der Waals surface area (Å²) in [5, 5.41) is 2.19. The van der Waals surface area contributed by atoms with Crippen molar-refractivity contribution in [2.75, 3.05) is 82.9 Å². The van der Waals surface area contributed by atoms with Crippen LogP contribution in [0.25, 0.3) is 16.7 Å². The maximum absolute atomic E-state index is 5.92. The second-order valence-electron chi connectivity index (χ2n) is 7.61. The molecule has 0 aliphatic carbocycles. The molecule has 0 unspecified atom stereocenters. The first-order valence-electron chi connectivity index (χ1n) is 10.4. The summed E-state index contributed by atoms with van der Waals surface area (Å²) in [5.41, 5.74) is 12.4. The highest BCUT2D eigenvalue weighted by Gasteiger charge is 2.22. The van der Waals surface area contributed by atoms with Gasteiger partial charge in [-0.05, 0) is 0 Å². The first kappa shape index (κ1) is 19.4. The SMILES string of the molecule is Nc1nc(N2CCOCC2)c2nc(C3=CNN(CCN4CCOCC4)C3)cnc2n1. The van der Waals surface area contributed by atoms with Gasteiger partial charge in [-0.15, -0.1) is 0 Å². The van der Waals surface area contributed by atoms with E-state index in [0.29, 0.717) is 24.4 Å². The fraction of sp³-hybridized carbons (Fsp3) is 0.579. The average molecular weight is 413 g/mol. The van der Waals surface area contributed by atoms with E-state index in [4.69, 9.17) is 20.2 Å². The Kier molecular flexibility index (Phi) is 5.58. The molecule has 0 bridgehead atoms. The van der Waals surface area contributed by atoms with E-state index < -0.39 is 0 Å². The Morgan fingerprint density at radius 1 is 0.967 bits per heavy atom. The van der Waals surface area contributed by atoms with Gasteiger partial charge in [0.05, 0.1) is 38.3 Å². The maximum atomic E-state index is 5.92. The normalized spacial score (nSPS) is 21.1. The van der Waals surface area contributed by atoms with Crippen LogP contribution in [-0.2, 0) is 9.47 Å². The van der Waals surface area contributed by atoms with Crippen LogP contribution in [0.4, 0.5) is 11.8 Å². The molecule has 0 atom stereocenters. The number of nitrogen functional groups attached to an aromatic ring is 1. The van der Waals surface area contributed by atoms with Gasteiger partial charge in [0, 0.05) is 57.6 Å². The standard InChI is InChI=1S/C19H27N9O2/c20-19-24-17-16(18(25-19)27-5-9-30-10-6-27)23-15(12-21-17)14-11-22-28(13-14)2-1-26-3-7-29-8-4-26/h11-12,22H,1-10,13H2,(H2,20,21,24,25). The predicted molar refractivity (Wildman–Crippen MR) is 113 cm³/mol. The number of hydrogen-bond donors (Lipinski definition) is 2. The largest absolute Gasteiger partial charge is 0.379 e. The summed E-state index contributed by atoms with van der Waals surface area (Å²) in [6, 6.07) is 0. The zero-order valence-corrected chi connectivity index (χ0v) is 17.0. The van der Waals surface area contributed by atoms with Crippen molar-refractivity contribution in [1.82, 2.24) is 35.3 Å². The number of aromatic nitrogens is 4. The van der Waals surface area contributed by atoms with Gasteiger partial charge in [-0.1, -0.05) is 0 Å². The minimum Gasteiger partial charge on any atom is -0.379 e. The highest BCUT2D eigenvalue weighted by molar-refractivity contribution is 5.85. The van der Waals surface area contributed by atoms with E-state index in [9.17, 15) is 0 Å². The van der Waals surface area contributed by atoms with Crippen LogP contribution in [0.2, 0.25) is 0 Å². The monoisotopic (exact) mass is 413 g/mol. The van der Waals surface area contributed by atoms with Crippen LogP contribution in [0.1, 0.15) is 5.69 Å². The Morgan fingerprint density at radius 2 is 1.73 bits per heavy atom. The molecule has 2 saturated heterocycles. The van der Waals surface area contributed by atoms with Gasteiger partial charge in [0.25, 0.3) is 0 Å². The van der Waals surface area contributed by atoms with Crippen molar-refractivity contribution in [2.45, 2.75) is 0 Å². The lowest BCUT2D eigenvalue weighted by Gasteiger charge is -2.28. The summed E-state index contributed by atoms with van der Waals surface area (Å²) in [4.78, 5) is 22.7. The highest BCUT2D eigenvalue weighted by Crippen LogP contribution is 2.25. The molecular weight excluding hydrogens is 386 g/mol. The minimum atomic E-state index is 0.210. The molecule has 0 amide bonds. The zero-order valence-electron chi connectivity index (χ0n) is 17.0. The number of fused-ring (bicyclic) bond motifs is 1. The van der Waals surface area contributed by atoms with Crippen LogP contribution in [0.5, 0.6) is 0 Å². The number of nitrogens with zero attached hydrogens (tertiary/aromatic N) is 7. The van der Waals surface area contributed by atoms with Crippen molar-refractivity contribution < 1.29 is 9.47 Å². The fourth-order valence-electron chi connectivity index (χ4n) is 3.91. The molecule has 2 fully saturated rings. The summed E-state index contributed by atoms with van der Waals surface area (Å²) in [7, 11) is 0. The summed E-state index contributed by atoms with van der Waals surface area (Å²) in [6.45, 7) is 9.16. The Bertz CT molecular complexity index is 926. The number of ether oxygens (including phenoxy) is 2. The van der Waals surface area contributed by atoms with Gasteiger partial charge in [-0.3, -0.25) is 4.90 Å². The molecule has 3 aliphatic rings. The van der Waals surface area contributed by atoms with Crippen molar-refractivity contribution in [3.63, 3.8) is 0 Å². The summed E-state index contributed by atoms with van der Waals surface area (Å²) < 4.78 is 10.9. The Morgan fingerprint density at radius 3 is 2.53 bits per heavy atom. The second kappa shape index (κ2) is 8.64. The van der Waals surface area contributed by atoms with Gasteiger partial charge < -0.3 is 25.5 Å². The number of rotatable bonds is 5. The number of anilines is 2. The van der Waals surface area contributed by atoms with E-state index in [0.717, 1.165) is 76.1 Å². The molecule has 0 saturated carbocycles. The van der Waals surface area contributed by atoms with Crippen LogP contribution in [0, 0.1) is 0 Å². The van der Waals surface area contributed by atoms with Gasteiger partial charge in [0.15, 0.2) is 17.0 Å². The Labute approximate surface area is 174 Å². The minimum absolute atomic E-state index is 0.210. The quantitative estimate of drug-likeness (QED) is 0.650. The topological polar surface area (TPSA) is 118 Å². The van der Waals surface area contributed by atoms with Crippen LogP contribution < -0.4 is 16.1 Å². The van der Waals surface area contributed by atoms with Crippen molar-refractivity contribution >= 4 is 28.5 Å². The average Bonchev–Trinajstić information content (AvgIpc) is 3.27. The smallest absolute Gasteiger partial charge is 0.224 e. The van der Waals surface area contributed by atoms with Gasteiger partial charge >= 0.3 is 0 Å². The molecule has 3 N–H and O–H groups in total. The molecule has 2 aromatic heterocycles. The molecule has 160 valence electrons. The zero-order chi connectivity index (χ0) is 20.3. The third-order valence-electron chi connectivity index (χ3n) is 5.62. The maximum Gasteiger partial charge on any atom is 0.224 e. The number of hydrogen-bond acceptors (Lipinski definition) is 11. The van der Waals surface area contributed by atoms with Crippen molar-refractivity contribution in [2.24, 2.45) is 0 Å². The lowest BCUT2D eigenvalue weighted by Crippen LogP contribution is -2.43. The fourth-order valence-corrected chi connectivity index (χ4v) is 3.91. The number of hydrazine groups is 1. The highest BCUT2D eigenvalue weighted by atomic mass is 16.5. The van der Waals surface area contributed by atoms with E-state index in [1.807, 2.05) is 6.20 Å². The Balaban J connectivity index is 1.31. The summed E-state index contributed by atoms with van der Waals surface area (Å²) in [6.07, 6.45) is 3.76. The molecule has 0 spiro atoms. The lowest BCUT2D eigenvalue weighted by molar-refractivity contribution is 0.0327. The van der Waals surface area contributed by atoms with Crippen molar-refractivity contribution in [1.29, 1.82) is 0 Å². The van der Waals surface area contributed by atoms with Crippen molar-refractivity contribution in [3.05, 3.63) is 18.1 Å². The van der Waals surface area contributed by atoms with E-state index in [2.05, 4.69) is 35.2 Å². The lowest BCUT2D eigenvalue weighted by atomic mass is 10.2. The first-order chi connectivity index (χ1) is 14.8. The van der Waals surface area contributed by atoms with Crippen LogP contribution in [-0.4, -0.2) is 102 Å². The number of nitrogens with one attached hydrogen (secondary N) is 1. The van der Waals surface area contributed by atoms with Gasteiger partial charge in [-0.2, -0.15) is 9.97 Å². The molecule has 0 aromatic carbocycles. The molecular formula is C19H27N9O2. The third kappa shape index (κ3) is 4.15. The van der Waals surface area contributed by atoms with E-state index in [-0.39, 0.29) is 5.95 Å². The predicted octanol–water partition coefficient (Wildman–Crippen LogP) is -0.668. The van der Waals surface area contributed by atoms with Crippen LogP contribution in [0.3, 0.4) is 0 Å². The number of morpholine rings is 2.